The Morgan fingerprint density at radius 2 is 0.983 bits per heavy atom. The number of carbonyl (C=O) groups excluding carboxylic acids is 1. The number of aliphatic carboxylic acids is 1. The first kappa shape index (κ1) is 56.4. The molecule has 3 atom stereocenters. The smallest absolute Gasteiger partial charge is 0.472 e. The number of unbranched alkanes of at least 4 members (excludes halogenated alkanes) is 17. The lowest BCUT2D eigenvalue weighted by Crippen LogP contribution is -2.34. The topological polar surface area (TPSA) is 155 Å². The Morgan fingerprint density at radius 1 is 0.559 bits per heavy atom. The van der Waals surface area contributed by atoms with Crippen molar-refractivity contribution in [3.63, 3.8) is 0 Å². The molecule has 11 heteroatoms. The fourth-order valence-electron chi connectivity index (χ4n) is 5.94. The van der Waals surface area contributed by atoms with E-state index in [1.54, 1.807) is 0 Å². The zero-order chi connectivity index (χ0) is 43.3. The molecular formula is C48H84NO9P. The first-order valence-corrected chi connectivity index (χ1v) is 24.5. The highest BCUT2D eigenvalue weighted by Crippen LogP contribution is 2.43. The number of carbonyl (C=O) groups is 2. The van der Waals surface area contributed by atoms with Crippen LogP contribution in [0.25, 0.3) is 0 Å². The molecule has 340 valence electrons. The molecule has 0 spiro atoms. The highest BCUT2D eigenvalue weighted by molar-refractivity contribution is 7.47. The van der Waals surface area contributed by atoms with E-state index in [1.807, 2.05) is 12.2 Å². The summed E-state index contributed by atoms with van der Waals surface area (Å²) >= 11 is 0. The van der Waals surface area contributed by atoms with Crippen LogP contribution in [0.5, 0.6) is 0 Å². The second-order valence-electron chi connectivity index (χ2n) is 15.1. The van der Waals surface area contributed by atoms with Gasteiger partial charge < -0.3 is 25.2 Å². The third-order valence-corrected chi connectivity index (χ3v) is 10.4. The van der Waals surface area contributed by atoms with Gasteiger partial charge in [0.15, 0.2) is 0 Å². The quantitative estimate of drug-likeness (QED) is 0.0234. The molecule has 0 heterocycles. The van der Waals surface area contributed by atoms with Crippen LogP contribution in [0.3, 0.4) is 0 Å². The lowest BCUT2D eigenvalue weighted by Gasteiger charge is -2.20. The number of ether oxygens (including phenoxy) is 2. The van der Waals surface area contributed by atoms with E-state index in [2.05, 4.69) is 74.6 Å². The summed E-state index contributed by atoms with van der Waals surface area (Å²) in [6.45, 7) is 3.65. The van der Waals surface area contributed by atoms with Crippen LogP contribution < -0.4 is 5.73 Å². The molecule has 59 heavy (non-hydrogen) atoms. The zero-order valence-electron chi connectivity index (χ0n) is 37.1. The van der Waals surface area contributed by atoms with Gasteiger partial charge in [-0.2, -0.15) is 0 Å². The van der Waals surface area contributed by atoms with Crippen molar-refractivity contribution in [3.05, 3.63) is 72.9 Å². The third kappa shape index (κ3) is 43.3. The van der Waals surface area contributed by atoms with Gasteiger partial charge in [-0.05, 0) is 70.6 Å². The van der Waals surface area contributed by atoms with Crippen molar-refractivity contribution < 1.29 is 42.7 Å². The standard InChI is InChI=1S/C48H84NO9P/c1-3-5-7-9-11-13-15-17-18-19-20-21-22-23-24-25-26-27-29-31-33-35-37-39-41-55-42-45(43-56-59(53,54)57-44-46(49)48(51)52)58-47(50)40-38-36-34-32-30-28-16-14-12-10-8-6-4-2/h6,8,12,14-15,17,19-20,28,30,34,36,45-46H,3-5,7,9-11,13,16,18,21-27,29,31-33,35,37-44,49H2,1-2H3,(H,51,52)(H,53,54)/b8-6-,14-12-,17-15-,20-19-,30-28-,36-34-. The molecule has 0 amide bonds. The molecule has 0 aromatic rings. The van der Waals surface area contributed by atoms with Gasteiger partial charge in [0, 0.05) is 13.0 Å². The molecule has 0 rings (SSSR count). The van der Waals surface area contributed by atoms with E-state index in [9.17, 15) is 19.0 Å². The summed E-state index contributed by atoms with van der Waals surface area (Å²) in [5, 5.41) is 8.90. The molecule has 0 saturated carbocycles. The lowest BCUT2D eigenvalue weighted by atomic mass is 10.0. The van der Waals surface area contributed by atoms with E-state index in [-0.39, 0.29) is 13.0 Å². The minimum Gasteiger partial charge on any atom is -0.480 e. The van der Waals surface area contributed by atoms with Gasteiger partial charge in [-0.3, -0.25) is 18.6 Å². The monoisotopic (exact) mass is 850 g/mol. The van der Waals surface area contributed by atoms with Crippen LogP contribution in [0.1, 0.15) is 181 Å². The first-order valence-electron chi connectivity index (χ1n) is 23.0. The molecule has 0 saturated heterocycles. The number of rotatable bonds is 43. The Morgan fingerprint density at radius 3 is 1.47 bits per heavy atom. The van der Waals surface area contributed by atoms with Crippen molar-refractivity contribution in [2.75, 3.05) is 26.4 Å². The van der Waals surface area contributed by atoms with Crippen LogP contribution in [-0.4, -0.2) is 60.5 Å². The summed E-state index contributed by atoms with van der Waals surface area (Å²) in [6.07, 6.45) is 54.2. The van der Waals surface area contributed by atoms with Crippen molar-refractivity contribution in [2.45, 2.75) is 193 Å². The molecule has 4 N–H and O–H groups in total. The van der Waals surface area contributed by atoms with E-state index in [0.717, 1.165) is 51.4 Å². The van der Waals surface area contributed by atoms with Gasteiger partial charge in [0.2, 0.25) is 0 Å². The molecule has 0 aliphatic carbocycles. The van der Waals surface area contributed by atoms with Gasteiger partial charge in [-0.25, -0.2) is 4.57 Å². The number of carboxylic acids is 1. The van der Waals surface area contributed by atoms with Crippen molar-refractivity contribution in [1.82, 2.24) is 0 Å². The Bertz CT molecular complexity index is 1210. The zero-order valence-corrected chi connectivity index (χ0v) is 38.0. The minimum atomic E-state index is -4.64. The number of phosphoric acid groups is 1. The summed E-state index contributed by atoms with van der Waals surface area (Å²) in [4.78, 5) is 33.5. The van der Waals surface area contributed by atoms with Crippen LogP contribution in [0, 0.1) is 0 Å². The van der Waals surface area contributed by atoms with Gasteiger partial charge in [0.25, 0.3) is 0 Å². The number of phosphoric ester groups is 1. The molecule has 0 radical (unpaired) electrons. The Labute approximate surface area is 359 Å². The Kier molecular flexibility index (Phi) is 41.6. The number of allylic oxidation sites excluding steroid dienone is 12. The number of carboxylic acid groups (broad SMARTS) is 1. The molecule has 3 unspecified atom stereocenters. The molecule has 0 aliphatic rings. The average molecular weight is 850 g/mol. The molecule has 0 aromatic carbocycles. The van der Waals surface area contributed by atoms with Crippen LogP contribution in [0.4, 0.5) is 0 Å². The number of nitrogens with two attached hydrogens (primary N) is 1. The average Bonchev–Trinajstić information content (AvgIpc) is 3.21. The maximum absolute atomic E-state index is 12.6. The summed E-state index contributed by atoms with van der Waals surface area (Å²) in [6, 6.07) is -1.49. The SMILES string of the molecule is CC/C=C\C/C=C\C/C=C\C/C=C\CCC(=O)OC(COCCCCCCCCCCCCCC/C=C\C/C=C\CCCCCCC)COP(=O)(O)OCC(N)C(=O)O. The van der Waals surface area contributed by atoms with E-state index < -0.39 is 45.1 Å². The normalized spacial score (nSPS) is 14.5. The van der Waals surface area contributed by atoms with Gasteiger partial charge in [-0.1, -0.05) is 177 Å². The van der Waals surface area contributed by atoms with Gasteiger partial charge in [0.1, 0.15) is 12.1 Å². The molecule has 0 fully saturated rings. The molecule has 10 nitrogen and oxygen atoms in total. The predicted molar refractivity (Wildman–Crippen MR) is 244 cm³/mol. The maximum Gasteiger partial charge on any atom is 0.472 e. The summed E-state index contributed by atoms with van der Waals surface area (Å²) in [5.74, 6) is -1.87. The number of hydrogen-bond donors (Lipinski definition) is 3. The molecule has 0 aliphatic heterocycles. The maximum atomic E-state index is 12.6. The largest absolute Gasteiger partial charge is 0.480 e. The summed E-state index contributed by atoms with van der Waals surface area (Å²) in [7, 11) is -4.64. The van der Waals surface area contributed by atoms with Crippen LogP contribution in [-0.2, 0) is 32.7 Å². The highest BCUT2D eigenvalue weighted by atomic mass is 31.2. The number of esters is 1. The predicted octanol–water partition coefficient (Wildman–Crippen LogP) is 13.0. The van der Waals surface area contributed by atoms with Crippen molar-refractivity contribution in [1.29, 1.82) is 0 Å². The fourth-order valence-corrected chi connectivity index (χ4v) is 6.72. The second-order valence-corrected chi connectivity index (χ2v) is 16.6. The van der Waals surface area contributed by atoms with Crippen molar-refractivity contribution >= 4 is 19.8 Å². The lowest BCUT2D eigenvalue weighted by molar-refractivity contribution is -0.154. The molecule has 0 aromatic heterocycles. The van der Waals surface area contributed by atoms with E-state index in [4.69, 9.17) is 29.4 Å². The second kappa shape index (κ2) is 43.5. The van der Waals surface area contributed by atoms with E-state index in [0.29, 0.717) is 13.0 Å². The van der Waals surface area contributed by atoms with Crippen LogP contribution in [0.2, 0.25) is 0 Å². The van der Waals surface area contributed by atoms with E-state index >= 15 is 0 Å². The Balaban J connectivity index is 4.19. The van der Waals surface area contributed by atoms with Crippen LogP contribution in [0.15, 0.2) is 72.9 Å². The van der Waals surface area contributed by atoms with Gasteiger partial charge in [0.05, 0.1) is 19.8 Å². The van der Waals surface area contributed by atoms with Crippen molar-refractivity contribution in [2.24, 2.45) is 5.73 Å². The number of hydrogen-bond acceptors (Lipinski definition) is 8. The highest BCUT2D eigenvalue weighted by Gasteiger charge is 2.27. The summed E-state index contributed by atoms with van der Waals surface area (Å²) < 4.78 is 33.3. The molecule has 0 bridgehead atoms. The Hall–Kier alpha value is -2.59. The first-order chi connectivity index (χ1) is 28.7. The molecular weight excluding hydrogens is 766 g/mol. The van der Waals surface area contributed by atoms with E-state index in [1.165, 1.54) is 103 Å². The van der Waals surface area contributed by atoms with Crippen molar-refractivity contribution in [3.8, 4) is 0 Å². The fraction of sp³-hybridized carbons (Fsp3) is 0.708. The van der Waals surface area contributed by atoms with Crippen LogP contribution >= 0.6 is 7.82 Å². The van der Waals surface area contributed by atoms with Gasteiger partial charge >= 0.3 is 19.8 Å². The third-order valence-electron chi connectivity index (χ3n) is 9.48. The minimum absolute atomic E-state index is 0.0159. The summed E-state index contributed by atoms with van der Waals surface area (Å²) in [5.41, 5.74) is 5.35. The van der Waals surface area contributed by atoms with Gasteiger partial charge in [-0.15, -0.1) is 0 Å².